The number of sulfonamides is 1. The number of aromatic nitrogens is 1. The van der Waals surface area contributed by atoms with Gasteiger partial charge in [-0.1, -0.05) is 18.6 Å². The molecule has 0 bridgehead atoms. The van der Waals surface area contributed by atoms with Crippen LogP contribution >= 0.6 is 0 Å². The lowest BCUT2D eigenvalue weighted by atomic mass is 10.1. The molecule has 0 unspecified atom stereocenters. The number of piperidine rings is 1. The van der Waals surface area contributed by atoms with Crippen molar-refractivity contribution >= 4 is 27.4 Å². The van der Waals surface area contributed by atoms with Gasteiger partial charge in [0.1, 0.15) is 5.82 Å². The zero-order valence-electron chi connectivity index (χ0n) is 17.1. The Balaban J connectivity index is 1.34. The molecule has 0 radical (unpaired) electrons. The van der Waals surface area contributed by atoms with Crippen molar-refractivity contribution in [3.63, 3.8) is 0 Å². The lowest BCUT2D eigenvalue weighted by Gasteiger charge is -2.25. The summed E-state index contributed by atoms with van der Waals surface area (Å²) in [6.45, 7) is 3.22. The van der Waals surface area contributed by atoms with Gasteiger partial charge in [-0.15, -0.1) is 0 Å². The number of amides is 1. The van der Waals surface area contributed by atoms with Gasteiger partial charge in [-0.3, -0.25) is 4.79 Å². The van der Waals surface area contributed by atoms with E-state index in [2.05, 4.69) is 15.2 Å². The predicted molar refractivity (Wildman–Crippen MR) is 117 cm³/mol. The van der Waals surface area contributed by atoms with Crippen LogP contribution in [0.15, 0.2) is 47.5 Å². The van der Waals surface area contributed by atoms with Crippen LogP contribution in [0, 0.1) is 0 Å². The third-order valence-corrected chi connectivity index (χ3v) is 7.62. The molecule has 0 spiro atoms. The Bertz CT molecular complexity index is 962. The van der Waals surface area contributed by atoms with Crippen LogP contribution in [0.5, 0.6) is 0 Å². The van der Waals surface area contributed by atoms with Gasteiger partial charge in [-0.05, 0) is 55.5 Å². The molecule has 0 atom stereocenters. The zero-order valence-corrected chi connectivity index (χ0v) is 17.9. The molecule has 2 aliphatic rings. The quantitative estimate of drug-likeness (QED) is 0.765. The van der Waals surface area contributed by atoms with Crippen LogP contribution in [-0.4, -0.2) is 49.8 Å². The van der Waals surface area contributed by atoms with Gasteiger partial charge in [0.2, 0.25) is 15.9 Å². The molecule has 0 saturated carbocycles. The van der Waals surface area contributed by atoms with E-state index in [9.17, 15) is 13.2 Å². The molecule has 8 heteroatoms. The van der Waals surface area contributed by atoms with Crippen molar-refractivity contribution in [1.82, 2.24) is 9.29 Å². The largest absolute Gasteiger partial charge is 0.357 e. The highest BCUT2D eigenvalue weighted by atomic mass is 32.2. The molecular weight excluding hydrogens is 400 g/mol. The highest BCUT2D eigenvalue weighted by Crippen LogP contribution is 2.22. The monoisotopic (exact) mass is 428 g/mol. The van der Waals surface area contributed by atoms with E-state index in [0.717, 1.165) is 43.7 Å². The van der Waals surface area contributed by atoms with Crippen LogP contribution in [-0.2, 0) is 21.2 Å². The number of benzene rings is 1. The molecule has 2 aromatic rings. The van der Waals surface area contributed by atoms with Crippen LogP contribution in [0.1, 0.15) is 37.7 Å². The van der Waals surface area contributed by atoms with Crippen LogP contribution < -0.4 is 10.2 Å². The summed E-state index contributed by atoms with van der Waals surface area (Å²) in [5.41, 5.74) is 1.43. The molecule has 2 saturated heterocycles. The van der Waals surface area contributed by atoms with Crippen molar-refractivity contribution < 1.29 is 13.2 Å². The first-order valence-electron chi connectivity index (χ1n) is 10.6. The Labute approximate surface area is 178 Å². The lowest BCUT2D eigenvalue weighted by molar-refractivity contribution is -0.115. The lowest BCUT2D eigenvalue weighted by Crippen LogP contribution is -2.35. The standard InChI is InChI=1S/C22H28N4O3S/c27-22(24-19-8-11-21(23-17-19)25-12-4-5-13-25)16-18-6-9-20(10-7-18)30(28,29)26-14-2-1-3-15-26/h6-11,17H,1-5,12-16H2,(H,24,27). The molecule has 3 heterocycles. The molecular formula is C22H28N4O3S. The van der Waals surface area contributed by atoms with Crippen molar-refractivity contribution in [1.29, 1.82) is 0 Å². The van der Waals surface area contributed by atoms with E-state index in [0.29, 0.717) is 18.8 Å². The second-order valence-corrected chi connectivity index (χ2v) is 9.87. The van der Waals surface area contributed by atoms with Crippen LogP contribution in [0.25, 0.3) is 0 Å². The highest BCUT2D eigenvalue weighted by molar-refractivity contribution is 7.89. The normalized spacial score (nSPS) is 17.8. The first kappa shape index (κ1) is 20.8. The smallest absolute Gasteiger partial charge is 0.243 e. The SMILES string of the molecule is O=C(Cc1ccc(S(=O)(=O)N2CCCCC2)cc1)Nc1ccc(N2CCCC2)nc1. The predicted octanol–water partition coefficient (Wildman–Crippen LogP) is 3.04. The van der Waals surface area contributed by atoms with E-state index in [1.165, 1.54) is 12.8 Å². The summed E-state index contributed by atoms with van der Waals surface area (Å²) in [7, 11) is -3.45. The number of hydrogen-bond acceptors (Lipinski definition) is 5. The number of nitrogens with one attached hydrogen (secondary N) is 1. The number of hydrogen-bond donors (Lipinski definition) is 1. The molecule has 2 fully saturated rings. The zero-order chi connectivity index (χ0) is 21.0. The first-order valence-corrected chi connectivity index (χ1v) is 12.1. The first-order chi connectivity index (χ1) is 14.5. The van der Waals surface area contributed by atoms with Crippen molar-refractivity contribution in [2.24, 2.45) is 0 Å². The minimum absolute atomic E-state index is 0.155. The fourth-order valence-corrected chi connectivity index (χ4v) is 5.53. The molecule has 7 nitrogen and oxygen atoms in total. The van der Waals surface area contributed by atoms with Gasteiger partial charge in [-0.2, -0.15) is 4.31 Å². The van der Waals surface area contributed by atoms with E-state index in [-0.39, 0.29) is 17.2 Å². The second kappa shape index (κ2) is 9.14. The van der Waals surface area contributed by atoms with Gasteiger partial charge in [0, 0.05) is 26.2 Å². The maximum Gasteiger partial charge on any atom is 0.243 e. The molecule has 160 valence electrons. The Morgan fingerprint density at radius 1 is 0.900 bits per heavy atom. The van der Waals surface area contributed by atoms with E-state index < -0.39 is 10.0 Å². The minimum Gasteiger partial charge on any atom is -0.357 e. The fraction of sp³-hybridized carbons (Fsp3) is 0.455. The number of rotatable bonds is 6. The van der Waals surface area contributed by atoms with E-state index in [1.54, 1.807) is 34.8 Å². The van der Waals surface area contributed by atoms with Crippen molar-refractivity contribution in [3.05, 3.63) is 48.2 Å². The van der Waals surface area contributed by atoms with Gasteiger partial charge in [0.25, 0.3) is 0 Å². The molecule has 4 rings (SSSR count). The summed E-state index contributed by atoms with van der Waals surface area (Å²) in [4.78, 5) is 19.3. The van der Waals surface area contributed by atoms with E-state index in [1.807, 2.05) is 12.1 Å². The molecule has 30 heavy (non-hydrogen) atoms. The summed E-state index contributed by atoms with van der Waals surface area (Å²) in [5, 5.41) is 2.86. The summed E-state index contributed by atoms with van der Waals surface area (Å²) >= 11 is 0. The third kappa shape index (κ3) is 4.82. The van der Waals surface area contributed by atoms with Gasteiger partial charge >= 0.3 is 0 Å². The molecule has 1 aromatic heterocycles. The molecule has 1 amide bonds. The molecule has 0 aliphatic carbocycles. The van der Waals surface area contributed by atoms with Crippen LogP contribution in [0.3, 0.4) is 0 Å². The van der Waals surface area contributed by atoms with E-state index >= 15 is 0 Å². The number of anilines is 2. The highest BCUT2D eigenvalue weighted by Gasteiger charge is 2.25. The maximum absolute atomic E-state index is 12.7. The number of nitrogens with zero attached hydrogens (tertiary/aromatic N) is 3. The average molecular weight is 429 g/mol. The van der Waals surface area contributed by atoms with Crippen molar-refractivity contribution in [2.45, 2.75) is 43.4 Å². The van der Waals surface area contributed by atoms with Crippen molar-refractivity contribution in [3.8, 4) is 0 Å². The molecule has 1 N–H and O–H groups in total. The van der Waals surface area contributed by atoms with Crippen molar-refractivity contribution in [2.75, 3.05) is 36.4 Å². The van der Waals surface area contributed by atoms with E-state index in [4.69, 9.17) is 0 Å². The molecule has 1 aromatic carbocycles. The van der Waals surface area contributed by atoms with Gasteiger partial charge in [-0.25, -0.2) is 13.4 Å². The third-order valence-electron chi connectivity index (χ3n) is 5.70. The number of pyridine rings is 1. The summed E-state index contributed by atoms with van der Waals surface area (Å²) in [6.07, 6.45) is 7.14. The Kier molecular flexibility index (Phi) is 6.34. The van der Waals surface area contributed by atoms with Gasteiger partial charge < -0.3 is 10.2 Å². The average Bonchev–Trinajstić information content (AvgIpc) is 3.30. The topological polar surface area (TPSA) is 82.6 Å². The molecule has 2 aliphatic heterocycles. The Morgan fingerprint density at radius 2 is 1.57 bits per heavy atom. The fourth-order valence-electron chi connectivity index (χ4n) is 4.02. The Hall–Kier alpha value is -2.45. The minimum atomic E-state index is -3.45. The Morgan fingerprint density at radius 3 is 2.20 bits per heavy atom. The maximum atomic E-state index is 12.7. The summed E-state index contributed by atoms with van der Waals surface area (Å²) in [6, 6.07) is 10.4. The van der Waals surface area contributed by atoms with Gasteiger partial charge in [0.15, 0.2) is 0 Å². The van der Waals surface area contributed by atoms with Crippen LogP contribution in [0.2, 0.25) is 0 Å². The summed E-state index contributed by atoms with van der Waals surface area (Å²) in [5.74, 6) is 0.786. The van der Waals surface area contributed by atoms with Crippen LogP contribution in [0.4, 0.5) is 11.5 Å². The number of carbonyl (C=O) groups is 1. The number of carbonyl (C=O) groups excluding carboxylic acids is 1. The summed E-state index contributed by atoms with van der Waals surface area (Å²) < 4.78 is 27.0. The second-order valence-electron chi connectivity index (χ2n) is 7.93. The van der Waals surface area contributed by atoms with Gasteiger partial charge in [0.05, 0.1) is 23.2 Å².